The van der Waals surface area contributed by atoms with Gasteiger partial charge in [0.2, 0.25) is 5.91 Å². The minimum atomic E-state index is -0.466. The summed E-state index contributed by atoms with van der Waals surface area (Å²) in [7, 11) is 0. The van der Waals surface area contributed by atoms with Crippen LogP contribution in [0, 0.1) is 5.92 Å². The Hall–Kier alpha value is -2.17. The molecule has 0 aliphatic heterocycles. The van der Waals surface area contributed by atoms with E-state index >= 15 is 0 Å². The smallest absolute Gasteiger partial charge is 0.314 e. The first kappa shape index (κ1) is 15.9. The lowest BCUT2D eigenvalue weighted by atomic mass is 10.1. The first-order valence-corrected chi connectivity index (χ1v) is 6.58. The van der Waals surface area contributed by atoms with Gasteiger partial charge < -0.3 is 4.74 Å². The Morgan fingerprint density at radius 1 is 1.30 bits per heavy atom. The van der Waals surface area contributed by atoms with Gasteiger partial charge in [0.05, 0.1) is 18.9 Å². The van der Waals surface area contributed by atoms with E-state index in [0.29, 0.717) is 12.3 Å². The molecule has 1 amide bonds. The lowest BCUT2D eigenvalue weighted by Crippen LogP contribution is -2.26. The van der Waals surface area contributed by atoms with Crippen LogP contribution in [-0.4, -0.2) is 24.2 Å². The Balaban J connectivity index is 2.50. The number of hydrogen-bond donors (Lipinski definition) is 1. The molecule has 0 fully saturated rings. The molecule has 1 atom stereocenters. The lowest BCUT2D eigenvalue weighted by Gasteiger charge is -2.10. The van der Waals surface area contributed by atoms with Crippen LogP contribution >= 0.6 is 0 Å². The molecular weight excluding hydrogens is 256 g/mol. The molecule has 0 aromatic heterocycles. The zero-order valence-electron chi connectivity index (χ0n) is 12.1. The van der Waals surface area contributed by atoms with Crippen LogP contribution in [0.5, 0.6) is 0 Å². The summed E-state index contributed by atoms with van der Waals surface area (Å²) in [5, 5.41) is 3.94. The van der Waals surface area contributed by atoms with Crippen LogP contribution in [0.15, 0.2) is 35.4 Å². The molecular formula is C15H20N2O3. The Labute approximate surface area is 119 Å². The Morgan fingerprint density at radius 2 is 1.95 bits per heavy atom. The van der Waals surface area contributed by atoms with E-state index in [-0.39, 0.29) is 18.3 Å². The molecule has 5 heteroatoms. The number of ether oxygens (including phenoxy) is 1. The first-order valence-electron chi connectivity index (χ1n) is 6.58. The summed E-state index contributed by atoms with van der Waals surface area (Å²) in [6, 6.07) is 9.39. The van der Waals surface area contributed by atoms with Crippen molar-refractivity contribution < 1.29 is 14.3 Å². The van der Waals surface area contributed by atoms with Crippen LogP contribution in [-0.2, 0) is 20.7 Å². The summed E-state index contributed by atoms with van der Waals surface area (Å²) in [4.78, 5) is 23.2. The lowest BCUT2D eigenvalue weighted by molar-refractivity contribution is -0.145. The maximum atomic E-state index is 11.7. The van der Waals surface area contributed by atoms with Crippen molar-refractivity contribution in [2.24, 2.45) is 11.0 Å². The van der Waals surface area contributed by atoms with Gasteiger partial charge in [-0.3, -0.25) is 9.59 Å². The number of nitrogens with one attached hydrogen (secondary N) is 1. The summed E-state index contributed by atoms with van der Waals surface area (Å²) < 4.78 is 4.89. The molecule has 0 radical (unpaired) electrons. The Kier molecular flexibility index (Phi) is 6.43. The van der Waals surface area contributed by atoms with Crippen LogP contribution in [0.3, 0.4) is 0 Å². The van der Waals surface area contributed by atoms with Crippen LogP contribution in [0.1, 0.15) is 26.3 Å². The fraction of sp³-hybridized carbons (Fsp3) is 0.400. The monoisotopic (exact) mass is 276 g/mol. The summed E-state index contributed by atoms with van der Waals surface area (Å²) in [6.07, 6.45) is 0.255. The fourth-order valence-corrected chi connectivity index (χ4v) is 1.51. The fourth-order valence-electron chi connectivity index (χ4n) is 1.51. The van der Waals surface area contributed by atoms with Crippen molar-refractivity contribution in [3.8, 4) is 0 Å². The maximum Gasteiger partial charge on any atom is 0.314 e. The zero-order chi connectivity index (χ0) is 15.0. The van der Waals surface area contributed by atoms with E-state index in [1.807, 2.05) is 30.3 Å². The third-order valence-corrected chi connectivity index (χ3v) is 2.83. The average molecular weight is 276 g/mol. The molecule has 0 aliphatic rings. The second-order valence-corrected chi connectivity index (χ2v) is 4.42. The van der Waals surface area contributed by atoms with Gasteiger partial charge in [0, 0.05) is 5.71 Å². The number of esters is 1. The van der Waals surface area contributed by atoms with Gasteiger partial charge in [-0.2, -0.15) is 5.10 Å². The number of hydrogen-bond acceptors (Lipinski definition) is 4. The van der Waals surface area contributed by atoms with E-state index in [0.717, 1.165) is 5.56 Å². The maximum absolute atomic E-state index is 11.7. The molecule has 0 bridgehead atoms. The van der Waals surface area contributed by atoms with Crippen molar-refractivity contribution in [3.05, 3.63) is 35.9 Å². The number of carbonyl (C=O) groups is 2. The number of amides is 1. The highest BCUT2D eigenvalue weighted by atomic mass is 16.5. The number of carbonyl (C=O) groups excluding carboxylic acids is 2. The van der Waals surface area contributed by atoms with Crippen molar-refractivity contribution in [1.29, 1.82) is 0 Å². The van der Waals surface area contributed by atoms with Gasteiger partial charge in [-0.1, -0.05) is 30.3 Å². The minimum absolute atomic E-state index is 0.216. The molecule has 5 nitrogen and oxygen atoms in total. The molecule has 0 saturated carbocycles. The molecule has 1 aromatic rings. The molecule has 20 heavy (non-hydrogen) atoms. The van der Waals surface area contributed by atoms with Crippen LogP contribution < -0.4 is 5.43 Å². The summed E-state index contributed by atoms with van der Waals surface area (Å²) >= 11 is 0. The number of rotatable bonds is 6. The van der Waals surface area contributed by atoms with Gasteiger partial charge in [-0.05, 0) is 26.3 Å². The normalized spacial score (nSPS) is 12.7. The van der Waals surface area contributed by atoms with Crippen LogP contribution in [0.4, 0.5) is 0 Å². The quantitative estimate of drug-likeness (QED) is 0.490. The van der Waals surface area contributed by atoms with Crippen LogP contribution in [0.25, 0.3) is 0 Å². The Bertz CT molecular complexity index is 483. The van der Waals surface area contributed by atoms with Gasteiger partial charge in [0.25, 0.3) is 0 Å². The van der Waals surface area contributed by atoms with Gasteiger partial charge in [0.1, 0.15) is 0 Å². The molecule has 0 saturated heterocycles. The molecule has 0 unspecified atom stereocenters. The molecule has 0 aliphatic carbocycles. The second kappa shape index (κ2) is 8.09. The standard InChI is InChI=1S/C15H20N2O3/c1-4-20-15(19)11(2)12(3)16-17-14(18)10-13-8-6-5-7-9-13/h5-9,11H,4,10H2,1-3H3,(H,17,18)/t11-/m1/s1. The highest BCUT2D eigenvalue weighted by Gasteiger charge is 2.17. The minimum Gasteiger partial charge on any atom is -0.465 e. The largest absolute Gasteiger partial charge is 0.465 e. The van der Waals surface area contributed by atoms with Gasteiger partial charge in [0.15, 0.2) is 0 Å². The SMILES string of the molecule is CCOC(=O)[C@H](C)C(C)=NNC(=O)Cc1ccccc1. The third-order valence-electron chi connectivity index (χ3n) is 2.83. The van der Waals surface area contributed by atoms with Crippen molar-refractivity contribution in [2.75, 3.05) is 6.61 Å². The summed E-state index contributed by atoms with van der Waals surface area (Å²) in [6.45, 7) is 5.46. The Morgan fingerprint density at radius 3 is 2.55 bits per heavy atom. The predicted molar refractivity (Wildman–Crippen MR) is 77.2 cm³/mol. The van der Waals surface area contributed by atoms with Gasteiger partial charge in [-0.25, -0.2) is 5.43 Å². The van der Waals surface area contributed by atoms with E-state index in [1.54, 1.807) is 20.8 Å². The van der Waals surface area contributed by atoms with Crippen molar-refractivity contribution in [1.82, 2.24) is 5.43 Å². The van der Waals surface area contributed by atoms with Crippen molar-refractivity contribution >= 4 is 17.6 Å². The molecule has 0 heterocycles. The van der Waals surface area contributed by atoms with Gasteiger partial charge >= 0.3 is 5.97 Å². The number of benzene rings is 1. The topological polar surface area (TPSA) is 67.8 Å². The molecule has 0 spiro atoms. The average Bonchev–Trinajstić information content (AvgIpc) is 2.45. The molecule has 1 rings (SSSR count). The first-order chi connectivity index (χ1) is 9.54. The predicted octanol–water partition coefficient (Wildman–Crippen LogP) is 1.92. The van der Waals surface area contributed by atoms with E-state index in [4.69, 9.17) is 4.74 Å². The molecule has 1 aromatic carbocycles. The van der Waals surface area contributed by atoms with E-state index in [2.05, 4.69) is 10.5 Å². The second-order valence-electron chi connectivity index (χ2n) is 4.42. The highest BCUT2D eigenvalue weighted by Crippen LogP contribution is 2.02. The van der Waals surface area contributed by atoms with E-state index in [1.165, 1.54) is 0 Å². The van der Waals surface area contributed by atoms with E-state index < -0.39 is 5.92 Å². The molecule has 1 N–H and O–H groups in total. The van der Waals surface area contributed by atoms with Gasteiger partial charge in [-0.15, -0.1) is 0 Å². The summed E-state index contributed by atoms with van der Waals surface area (Å²) in [5.41, 5.74) is 3.88. The zero-order valence-corrected chi connectivity index (χ0v) is 12.1. The van der Waals surface area contributed by atoms with Crippen LogP contribution in [0.2, 0.25) is 0 Å². The molecule has 108 valence electrons. The number of hydrazone groups is 1. The van der Waals surface area contributed by atoms with E-state index in [9.17, 15) is 9.59 Å². The van der Waals surface area contributed by atoms with Crippen molar-refractivity contribution in [2.45, 2.75) is 27.2 Å². The number of nitrogens with zero attached hydrogens (tertiary/aromatic N) is 1. The third kappa shape index (κ3) is 5.22. The van der Waals surface area contributed by atoms with Crippen molar-refractivity contribution in [3.63, 3.8) is 0 Å². The highest BCUT2D eigenvalue weighted by molar-refractivity contribution is 6.00. The summed E-state index contributed by atoms with van der Waals surface area (Å²) in [5.74, 6) is -1.02.